The second-order valence-electron chi connectivity index (χ2n) is 6.18. The van der Waals surface area contributed by atoms with Crippen molar-refractivity contribution in [2.45, 2.75) is 18.6 Å². The molecule has 2 heterocycles. The molecule has 24 heavy (non-hydrogen) atoms. The number of likely N-dealkylation sites (N-methyl/N-ethyl adjacent to an activating group) is 1. The van der Waals surface area contributed by atoms with E-state index in [0.717, 1.165) is 19.6 Å². The Kier molecular flexibility index (Phi) is 4.91. The van der Waals surface area contributed by atoms with Crippen molar-refractivity contribution < 1.29 is 23.4 Å². The first-order chi connectivity index (χ1) is 11.5. The van der Waals surface area contributed by atoms with E-state index in [0.29, 0.717) is 18.8 Å². The molecule has 0 saturated carbocycles. The smallest absolute Gasteiger partial charge is 0.257 e. The van der Waals surface area contributed by atoms with Crippen LogP contribution in [0.1, 0.15) is 16.8 Å². The van der Waals surface area contributed by atoms with E-state index < -0.39 is 5.82 Å². The van der Waals surface area contributed by atoms with Crippen molar-refractivity contribution in [1.29, 1.82) is 0 Å². The van der Waals surface area contributed by atoms with Crippen molar-refractivity contribution in [1.82, 2.24) is 9.80 Å². The number of rotatable bonds is 3. The molecule has 2 aliphatic rings. The Morgan fingerprint density at radius 2 is 1.96 bits per heavy atom. The lowest BCUT2D eigenvalue weighted by molar-refractivity contribution is -0.0893. The number of amides is 1. The highest BCUT2D eigenvalue weighted by Crippen LogP contribution is 2.31. The number of morpholine rings is 1. The number of ether oxygens (including phenoxy) is 3. The maximum absolute atomic E-state index is 14.4. The van der Waals surface area contributed by atoms with Gasteiger partial charge in [0.15, 0.2) is 11.5 Å². The minimum atomic E-state index is -0.604. The number of piperidine rings is 1. The molecule has 0 radical (unpaired) electrons. The first-order valence-electron chi connectivity index (χ1n) is 8.07. The predicted octanol–water partition coefficient (Wildman–Crippen LogP) is 1.39. The number of likely N-dealkylation sites (tertiary alicyclic amines) is 1. The molecule has 2 atom stereocenters. The van der Waals surface area contributed by atoms with Crippen LogP contribution < -0.4 is 9.47 Å². The van der Waals surface area contributed by atoms with Crippen LogP contribution in [0.3, 0.4) is 0 Å². The number of fused-ring (bicyclic) bond motifs is 1. The van der Waals surface area contributed by atoms with E-state index in [9.17, 15) is 9.18 Å². The Labute approximate surface area is 141 Å². The number of hydrogen-bond donors (Lipinski definition) is 0. The molecule has 1 aromatic rings. The summed E-state index contributed by atoms with van der Waals surface area (Å²) in [6.45, 7) is 2.65. The van der Waals surface area contributed by atoms with Gasteiger partial charge in [0.05, 0.1) is 38.5 Å². The van der Waals surface area contributed by atoms with Gasteiger partial charge in [-0.15, -0.1) is 0 Å². The zero-order chi connectivity index (χ0) is 17.3. The molecule has 0 N–H and O–H groups in total. The van der Waals surface area contributed by atoms with Crippen molar-refractivity contribution in [2.24, 2.45) is 0 Å². The minimum absolute atomic E-state index is 0.00507. The van der Waals surface area contributed by atoms with Crippen LogP contribution in [0.25, 0.3) is 0 Å². The Bertz CT molecular complexity index is 625. The summed E-state index contributed by atoms with van der Waals surface area (Å²) in [6.07, 6.45) is 0.901. The van der Waals surface area contributed by atoms with Gasteiger partial charge >= 0.3 is 0 Å². The summed E-state index contributed by atoms with van der Waals surface area (Å²) < 4.78 is 30.4. The quantitative estimate of drug-likeness (QED) is 0.834. The molecule has 6 nitrogen and oxygen atoms in total. The summed E-state index contributed by atoms with van der Waals surface area (Å²) >= 11 is 0. The van der Waals surface area contributed by atoms with Crippen molar-refractivity contribution in [3.8, 4) is 11.5 Å². The second kappa shape index (κ2) is 6.94. The van der Waals surface area contributed by atoms with E-state index in [2.05, 4.69) is 4.90 Å². The van der Waals surface area contributed by atoms with Gasteiger partial charge in [0.1, 0.15) is 5.82 Å². The van der Waals surface area contributed by atoms with Crippen molar-refractivity contribution in [3.63, 3.8) is 0 Å². The SMILES string of the molecule is COc1cc(F)c(C(=O)N2CCC3OCCN(C)C3C2)cc1OC. The molecular weight excluding hydrogens is 315 g/mol. The highest BCUT2D eigenvalue weighted by atomic mass is 19.1. The molecular formula is C17H23FN2O4. The normalized spacial score (nSPS) is 24.4. The Morgan fingerprint density at radius 1 is 1.25 bits per heavy atom. The number of nitrogens with zero attached hydrogens (tertiary/aromatic N) is 2. The molecule has 1 aromatic carbocycles. The van der Waals surface area contributed by atoms with E-state index in [-0.39, 0.29) is 29.4 Å². The van der Waals surface area contributed by atoms with Crippen LogP contribution in [-0.4, -0.2) is 75.4 Å². The monoisotopic (exact) mass is 338 g/mol. The van der Waals surface area contributed by atoms with E-state index in [1.807, 2.05) is 7.05 Å². The van der Waals surface area contributed by atoms with Gasteiger partial charge < -0.3 is 19.1 Å². The zero-order valence-corrected chi connectivity index (χ0v) is 14.3. The van der Waals surface area contributed by atoms with Gasteiger partial charge in [-0.1, -0.05) is 0 Å². The fourth-order valence-electron chi connectivity index (χ4n) is 3.41. The van der Waals surface area contributed by atoms with Crippen LogP contribution in [0.4, 0.5) is 4.39 Å². The molecule has 1 amide bonds. The minimum Gasteiger partial charge on any atom is -0.493 e. The van der Waals surface area contributed by atoms with Gasteiger partial charge in [0, 0.05) is 25.7 Å². The number of hydrogen-bond acceptors (Lipinski definition) is 5. The van der Waals surface area contributed by atoms with E-state index in [4.69, 9.17) is 14.2 Å². The molecule has 7 heteroatoms. The number of carbonyl (C=O) groups is 1. The third-order valence-electron chi connectivity index (χ3n) is 4.85. The average Bonchev–Trinajstić information content (AvgIpc) is 2.61. The molecule has 3 rings (SSSR count). The van der Waals surface area contributed by atoms with Gasteiger partial charge in [-0.25, -0.2) is 4.39 Å². The first-order valence-corrected chi connectivity index (χ1v) is 8.07. The van der Waals surface area contributed by atoms with Crippen molar-refractivity contribution in [3.05, 3.63) is 23.5 Å². The zero-order valence-electron chi connectivity index (χ0n) is 14.3. The lowest BCUT2D eigenvalue weighted by atomic mass is 9.98. The molecule has 2 aliphatic heterocycles. The van der Waals surface area contributed by atoms with Crippen LogP contribution >= 0.6 is 0 Å². The summed E-state index contributed by atoms with van der Waals surface area (Å²) in [7, 11) is 4.93. The predicted molar refractivity (Wildman–Crippen MR) is 86.2 cm³/mol. The highest BCUT2D eigenvalue weighted by Gasteiger charge is 2.37. The van der Waals surface area contributed by atoms with Gasteiger partial charge in [0.25, 0.3) is 5.91 Å². The second-order valence-corrected chi connectivity index (χ2v) is 6.18. The first kappa shape index (κ1) is 17.0. The molecule has 2 fully saturated rings. The Morgan fingerprint density at radius 3 is 2.67 bits per heavy atom. The van der Waals surface area contributed by atoms with E-state index in [1.54, 1.807) is 4.90 Å². The summed E-state index contributed by atoms with van der Waals surface area (Å²) in [5.74, 6) is -0.320. The standard InChI is InChI=1S/C17H23FN2O4/c1-19-6-7-24-14-4-5-20(10-13(14)19)17(21)11-8-15(22-2)16(23-3)9-12(11)18/h8-9,13-14H,4-7,10H2,1-3H3. The van der Waals surface area contributed by atoms with Crippen molar-refractivity contribution in [2.75, 3.05) is 47.5 Å². The van der Waals surface area contributed by atoms with Crippen LogP contribution in [0.5, 0.6) is 11.5 Å². The van der Waals surface area contributed by atoms with Crippen LogP contribution in [-0.2, 0) is 4.74 Å². The molecule has 2 saturated heterocycles. The summed E-state index contributed by atoms with van der Waals surface area (Å²) in [4.78, 5) is 16.7. The third-order valence-corrected chi connectivity index (χ3v) is 4.85. The molecule has 0 aliphatic carbocycles. The Hall–Kier alpha value is -1.86. The van der Waals surface area contributed by atoms with Gasteiger partial charge in [-0.05, 0) is 19.5 Å². The van der Waals surface area contributed by atoms with Gasteiger partial charge in [-0.3, -0.25) is 9.69 Å². The van der Waals surface area contributed by atoms with Gasteiger partial charge in [-0.2, -0.15) is 0 Å². The largest absolute Gasteiger partial charge is 0.493 e. The number of methoxy groups -OCH3 is 2. The highest BCUT2D eigenvalue weighted by molar-refractivity contribution is 5.95. The number of halogens is 1. The van der Waals surface area contributed by atoms with Crippen molar-refractivity contribution >= 4 is 5.91 Å². The number of benzene rings is 1. The van der Waals surface area contributed by atoms with Gasteiger partial charge in [0.2, 0.25) is 0 Å². The summed E-state index contributed by atoms with van der Waals surface area (Å²) in [5, 5.41) is 0. The molecule has 0 spiro atoms. The van der Waals surface area contributed by atoms with E-state index in [1.165, 1.54) is 26.4 Å². The summed E-state index contributed by atoms with van der Waals surface area (Å²) in [6, 6.07) is 2.75. The molecule has 132 valence electrons. The molecule has 2 unspecified atom stereocenters. The molecule has 0 bridgehead atoms. The molecule has 0 aromatic heterocycles. The Balaban J connectivity index is 1.81. The maximum Gasteiger partial charge on any atom is 0.257 e. The average molecular weight is 338 g/mol. The van der Waals surface area contributed by atoms with Crippen LogP contribution in [0.15, 0.2) is 12.1 Å². The lowest BCUT2D eigenvalue weighted by Gasteiger charge is -2.45. The van der Waals surface area contributed by atoms with E-state index >= 15 is 0 Å². The topological polar surface area (TPSA) is 51.2 Å². The fourth-order valence-corrected chi connectivity index (χ4v) is 3.41. The third kappa shape index (κ3) is 3.06. The summed E-state index contributed by atoms with van der Waals surface area (Å²) in [5.41, 5.74) is 0.00507. The fraction of sp³-hybridized carbons (Fsp3) is 0.588. The number of carbonyl (C=O) groups excluding carboxylic acids is 1. The lowest BCUT2D eigenvalue weighted by Crippen LogP contribution is -2.59. The van der Waals surface area contributed by atoms with Crippen LogP contribution in [0.2, 0.25) is 0 Å². The van der Waals surface area contributed by atoms with Crippen LogP contribution in [0, 0.1) is 5.82 Å². The maximum atomic E-state index is 14.4.